The highest BCUT2D eigenvalue weighted by Crippen LogP contribution is 2.31. The van der Waals surface area contributed by atoms with Crippen LogP contribution < -0.4 is 15.4 Å². The number of benzene rings is 2. The quantitative estimate of drug-likeness (QED) is 0.205. The van der Waals surface area contributed by atoms with Crippen molar-refractivity contribution in [2.24, 2.45) is 0 Å². The number of nitrogens with zero attached hydrogens (tertiary/aromatic N) is 3. The number of aromatic nitrogens is 4. The van der Waals surface area contributed by atoms with E-state index in [4.69, 9.17) is 9.47 Å². The summed E-state index contributed by atoms with van der Waals surface area (Å²) in [6, 6.07) is 19.2. The average Bonchev–Trinajstić information content (AvgIpc) is 3.39. The summed E-state index contributed by atoms with van der Waals surface area (Å²) in [6.45, 7) is 7.94. The molecule has 0 aliphatic heterocycles. The van der Waals surface area contributed by atoms with Gasteiger partial charge in [0.2, 0.25) is 5.91 Å². The van der Waals surface area contributed by atoms with Gasteiger partial charge in [0.1, 0.15) is 29.9 Å². The van der Waals surface area contributed by atoms with Crippen LogP contribution in [0.3, 0.4) is 0 Å². The highest BCUT2D eigenvalue weighted by molar-refractivity contribution is 5.93. The normalized spacial score (nSPS) is 10.5. The standard InChI is InChI=1S/C28H26N6O3.C2H6/c1-17-12-21(9-11-25(17)37-22-10-4-18(2)29-14-22)33-28-27-24(30-16-31-28)13-23(34-27)19-5-7-20(8-6-19)32-26(35)15-36-3;1-2/h4-14,16,34H,15H2,1-3H3,(H,32,35)(H,30,31,33);1-2H3. The van der Waals surface area contributed by atoms with Gasteiger partial charge in [0, 0.05) is 29.9 Å². The third-order valence-electron chi connectivity index (χ3n) is 5.72. The van der Waals surface area contributed by atoms with E-state index in [1.54, 1.807) is 6.20 Å². The van der Waals surface area contributed by atoms with Gasteiger partial charge in [-0.15, -0.1) is 0 Å². The van der Waals surface area contributed by atoms with Crippen LogP contribution >= 0.6 is 0 Å². The summed E-state index contributed by atoms with van der Waals surface area (Å²) in [5.41, 5.74) is 6.91. The van der Waals surface area contributed by atoms with E-state index < -0.39 is 0 Å². The molecular formula is C30H32N6O3. The van der Waals surface area contributed by atoms with Crippen molar-refractivity contribution in [2.75, 3.05) is 24.4 Å². The number of amides is 1. The molecule has 1 amide bonds. The molecule has 9 heteroatoms. The van der Waals surface area contributed by atoms with E-state index in [1.165, 1.54) is 13.4 Å². The van der Waals surface area contributed by atoms with Crippen LogP contribution in [0, 0.1) is 13.8 Å². The molecule has 5 aromatic rings. The lowest BCUT2D eigenvalue weighted by Crippen LogP contribution is -2.16. The first-order valence-electron chi connectivity index (χ1n) is 12.7. The van der Waals surface area contributed by atoms with E-state index in [-0.39, 0.29) is 12.5 Å². The van der Waals surface area contributed by atoms with E-state index in [9.17, 15) is 4.79 Å². The van der Waals surface area contributed by atoms with E-state index in [2.05, 4.69) is 30.6 Å². The Bertz CT molecular complexity index is 1550. The molecule has 0 saturated heterocycles. The number of H-pyrrole nitrogens is 1. The smallest absolute Gasteiger partial charge is 0.250 e. The van der Waals surface area contributed by atoms with Crippen molar-refractivity contribution in [1.82, 2.24) is 19.9 Å². The Morgan fingerprint density at radius 2 is 1.69 bits per heavy atom. The SMILES string of the molecule is CC.COCC(=O)Nc1ccc(-c2cc3ncnc(Nc4ccc(Oc5ccc(C)nc5)c(C)c4)c3[nH]2)cc1. The van der Waals surface area contributed by atoms with Gasteiger partial charge in [0.15, 0.2) is 5.82 Å². The van der Waals surface area contributed by atoms with Crippen molar-refractivity contribution in [2.45, 2.75) is 27.7 Å². The van der Waals surface area contributed by atoms with Gasteiger partial charge in [-0.2, -0.15) is 0 Å². The van der Waals surface area contributed by atoms with E-state index >= 15 is 0 Å². The van der Waals surface area contributed by atoms with Gasteiger partial charge in [-0.1, -0.05) is 26.0 Å². The van der Waals surface area contributed by atoms with Crippen LogP contribution in [-0.2, 0) is 9.53 Å². The minimum absolute atomic E-state index is 0.0116. The largest absolute Gasteiger partial charge is 0.455 e. The molecule has 5 rings (SSSR count). The molecular weight excluding hydrogens is 492 g/mol. The number of hydrogen-bond donors (Lipinski definition) is 3. The molecule has 3 heterocycles. The fraction of sp³-hybridized carbons (Fsp3) is 0.200. The number of hydrogen-bond acceptors (Lipinski definition) is 7. The second kappa shape index (κ2) is 12.7. The predicted molar refractivity (Wildman–Crippen MR) is 155 cm³/mol. The molecule has 0 aliphatic carbocycles. The summed E-state index contributed by atoms with van der Waals surface area (Å²) < 4.78 is 10.8. The molecule has 3 aromatic heterocycles. The number of anilines is 3. The zero-order chi connectivity index (χ0) is 27.8. The summed E-state index contributed by atoms with van der Waals surface area (Å²) in [7, 11) is 1.49. The Morgan fingerprint density at radius 3 is 2.38 bits per heavy atom. The summed E-state index contributed by atoms with van der Waals surface area (Å²) in [5.74, 6) is 1.91. The number of ether oxygens (including phenoxy) is 2. The van der Waals surface area contributed by atoms with Crippen LogP contribution in [0.15, 0.2) is 73.2 Å². The van der Waals surface area contributed by atoms with Gasteiger partial charge in [0.05, 0.1) is 11.7 Å². The maximum absolute atomic E-state index is 11.7. The molecule has 0 unspecified atom stereocenters. The van der Waals surface area contributed by atoms with Crippen LogP contribution in [0.25, 0.3) is 22.3 Å². The number of methoxy groups -OCH3 is 1. The molecule has 200 valence electrons. The molecule has 2 aromatic carbocycles. The number of carbonyl (C=O) groups excluding carboxylic acids is 1. The highest BCUT2D eigenvalue weighted by Gasteiger charge is 2.11. The Balaban J connectivity index is 0.00000172. The molecule has 0 atom stereocenters. The van der Waals surface area contributed by atoms with E-state index in [0.717, 1.165) is 45.0 Å². The molecule has 0 saturated carbocycles. The van der Waals surface area contributed by atoms with Crippen molar-refractivity contribution in [3.8, 4) is 22.8 Å². The lowest BCUT2D eigenvalue weighted by molar-refractivity contribution is -0.119. The molecule has 0 aliphatic rings. The number of nitrogens with one attached hydrogen (secondary N) is 3. The molecule has 9 nitrogen and oxygen atoms in total. The Labute approximate surface area is 227 Å². The van der Waals surface area contributed by atoms with E-state index in [1.807, 2.05) is 88.4 Å². The van der Waals surface area contributed by atoms with Crippen molar-refractivity contribution < 1.29 is 14.3 Å². The molecule has 0 radical (unpaired) electrons. The minimum atomic E-state index is -0.200. The maximum atomic E-state index is 11.7. The predicted octanol–water partition coefficient (Wildman–Crippen LogP) is 6.78. The fourth-order valence-corrected chi connectivity index (χ4v) is 3.87. The first kappa shape index (κ1) is 27.3. The molecule has 0 fully saturated rings. The Hall–Kier alpha value is -4.76. The third kappa shape index (κ3) is 6.77. The van der Waals surface area contributed by atoms with Gasteiger partial charge in [-0.3, -0.25) is 9.78 Å². The molecule has 39 heavy (non-hydrogen) atoms. The number of aryl methyl sites for hydroxylation is 2. The van der Waals surface area contributed by atoms with Gasteiger partial charge < -0.3 is 25.1 Å². The number of carbonyl (C=O) groups is 1. The van der Waals surface area contributed by atoms with Gasteiger partial charge >= 0.3 is 0 Å². The van der Waals surface area contributed by atoms with Gasteiger partial charge in [-0.25, -0.2) is 9.97 Å². The zero-order valence-electron chi connectivity index (χ0n) is 22.7. The van der Waals surface area contributed by atoms with E-state index in [0.29, 0.717) is 17.3 Å². The zero-order valence-corrected chi connectivity index (χ0v) is 22.7. The second-order valence-corrected chi connectivity index (χ2v) is 8.57. The summed E-state index contributed by atoms with van der Waals surface area (Å²) in [5, 5.41) is 6.17. The van der Waals surface area contributed by atoms with Crippen LogP contribution in [0.4, 0.5) is 17.2 Å². The Kier molecular flexibility index (Phi) is 8.86. The molecule has 0 bridgehead atoms. The number of rotatable bonds is 8. The van der Waals surface area contributed by atoms with Crippen LogP contribution in [0.1, 0.15) is 25.1 Å². The fourth-order valence-electron chi connectivity index (χ4n) is 3.87. The molecule has 0 spiro atoms. The number of aromatic amines is 1. The lowest BCUT2D eigenvalue weighted by atomic mass is 10.1. The van der Waals surface area contributed by atoms with Crippen molar-refractivity contribution in [1.29, 1.82) is 0 Å². The summed E-state index contributed by atoms with van der Waals surface area (Å²) in [6.07, 6.45) is 3.25. The first-order valence-corrected chi connectivity index (χ1v) is 12.7. The summed E-state index contributed by atoms with van der Waals surface area (Å²) >= 11 is 0. The van der Waals surface area contributed by atoms with Crippen molar-refractivity contribution in [3.63, 3.8) is 0 Å². The van der Waals surface area contributed by atoms with Gasteiger partial charge in [-0.05, 0) is 73.5 Å². The Morgan fingerprint density at radius 1 is 0.923 bits per heavy atom. The van der Waals surface area contributed by atoms with Gasteiger partial charge in [0.25, 0.3) is 0 Å². The maximum Gasteiger partial charge on any atom is 0.250 e. The summed E-state index contributed by atoms with van der Waals surface area (Å²) in [4.78, 5) is 28.3. The third-order valence-corrected chi connectivity index (χ3v) is 5.72. The molecule has 3 N–H and O–H groups in total. The van der Waals surface area contributed by atoms with Crippen LogP contribution in [-0.4, -0.2) is 39.6 Å². The minimum Gasteiger partial charge on any atom is -0.455 e. The monoisotopic (exact) mass is 524 g/mol. The number of fused-ring (bicyclic) bond motifs is 1. The number of pyridine rings is 1. The lowest BCUT2D eigenvalue weighted by Gasteiger charge is -2.12. The van der Waals surface area contributed by atoms with Crippen molar-refractivity contribution >= 4 is 34.1 Å². The van der Waals surface area contributed by atoms with Crippen molar-refractivity contribution in [3.05, 3.63) is 84.4 Å². The first-order chi connectivity index (χ1) is 19.0. The second-order valence-electron chi connectivity index (χ2n) is 8.57. The average molecular weight is 525 g/mol. The topological polar surface area (TPSA) is 114 Å². The van der Waals surface area contributed by atoms with Crippen LogP contribution in [0.5, 0.6) is 11.5 Å². The van der Waals surface area contributed by atoms with Crippen LogP contribution in [0.2, 0.25) is 0 Å². The highest BCUT2D eigenvalue weighted by atomic mass is 16.5.